The van der Waals surface area contributed by atoms with Crippen molar-refractivity contribution in [1.29, 1.82) is 0 Å². The molecule has 0 spiro atoms. The second-order valence-corrected chi connectivity index (χ2v) is 5.83. The predicted molar refractivity (Wildman–Crippen MR) is 64.3 cm³/mol. The molecule has 16 heavy (non-hydrogen) atoms. The van der Waals surface area contributed by atoms with E-state index in [1.165, 1.54) is 14.0 Å². The van der Waals surface area contributed by atoms with E-state index in [-0.39, 0.29) is 0 Å². The molecule has 6 heteroatoms. The summed E-state index contributed by atoms with van der Waals surface area (Å²) in [4.78, 5) is 0. The summed E-state index contributed by atoms with van der Waals surface area (Å²) in [5.41, 5.74) is 7.32. The lowest BCUT2D eigenvalue weighted by Gasteiger charge is -2.27. The van der Waals surface area contributed by atoms with Gasteiger partial charge in [-0.2, -0.15) is 0 Å². The molecule has 0 amide bonds. The van der Waals surface area contributed by atoms with Gasteiger partial charge >= 0.3 is 0 Å². The van der Waals surface area contributed by atoms with Crippen molar-refractivity contribution in [2.24, 2.45) is 0 Å². The Morgan fingerprint density at radius 2 is 2.12 bits per heavy atom. The van der Waals surface area contributed by atoms with Crippen LogP contribution in [0.15, 0.2) is 12.1 Å². The van der Waals surface area contributed by atoms with Crippen LogP contribution in [0.25, 0.3) is 0 Å². The number of alkyl halides is 1. The van der Waals surface area contributed by atoms with E-state index in [1.807, 2.05) is 0 Å². The van der Waals surface area contributed by atoms with E-state index in [4.69, 9.17) is 22.1 Å². The van der Waals surface area contributed by atoms with Gasteiger partial charge in [-0.1, -0.05) is 0 Å². The number of halogens is 1. The highest BCUT2D eigenvalue weighted by Crippen LogP contribution is 2.37. The first-order valence-corrected chi connectivity index (χ1v) is 5.99. The fourth-order valence-electron chi connectivity index (χ4n) is 1.46. The van der Waals surface area contributed by atoms with Gasteiger partial charge in [0.1, 0.15) is 9.96 Å². The number of ether oxygens (including phenoxy) is 1. The number of hydrogen-bond acceptors (Lipinski definition) is 4. The van der Waals surface area contributed by atoms with Gasteiger partial charge in [0, 0.05) is 0 Å². The number of benzene rings is 1. The number of anilines is 1. The summed E-state index contributed by atoms with van der Waals surface area (Å²) in [5.74, 6) is 0.415. The molecule has 2 unspecified atom stereocenters. The molecular formula is C10H13ClNO3S-. The third-order valence-electron chi connectivity index (χ3n) is 2.37. The van der Waals surface area contributed by atoms with Crippen molar-refractivity contribution in [3.05, 3.63) is 23.3 Å². The second-order valence-electron chi connectivity index (χ2n) is 3.56. The molecule has 0 saturated carbocycles. The fraction of sp³-hybridized carbons (Fsp3) is 0.400. The molecule has 90 valence electrons. The lowest BCUT2D eigenvalue weighted by Crippen LogP contribution is -2.21. The molecule has 0 aliphatic rings. The molecule has 0 aromatic heterocycles. The Bertz CT molecular complexity index is 434. The van der Waals surface area contributed by atoms with E-state index in [0.29, 0.717) is 22.6 Å². The number of aryl methyl sites for hydroxylation is 1. The largest absolute Gasteiger partial charge is 0.771 e. The zero-order valence-electron chi connectivity index (χ0n) is 9.24. The maximum absolute atomic E-state index is 11.1. The van der Waals surface area contributed by atoms with Gasteiger partial charge in [-0.05, 0) is 48.2 Å². The summed E-state index contributed by atoms with van der Waals surface area (Å²) in [6.45, 7) is 3.16. The van der Waals surface area contributed by atoms with Crippen molar-refractivity contribution in [2.75, 3.05) is 12.8 Å². The maximum Gasteiger partial charge on any atom is 0.142 e. The van der Waals surface area contributed by atoms with Crippen LogP contribution in [-0.4, -0.2) is 15.9 Å². The topological polar surface area (TPSA) is 75.4 Å². The van der Waals surface area contributed by atoms with Crippen molar-refractivity contribution >= 4 is 28.4 Å². The Labute approximate surface area is 102 Å². The van der Waals surface area contributed by atoms with E-state index in [2.05, 4.69) is 0 Å². The van der Waals surface area contributed by atoms with Crippen LogP contribution in [0, 0.1) is 6.92 Å². The molecule has 0 bridgehead atoms. The number of nitrogen functional groups attached to an aromatic ring is 1. The van der Waals surface area contributed by atoms with E-state index in [9.17, 15) is 8.76 Å². The van der Waals surface area contributed by atoms with Gasteiger partial charge in [0.05, 0.1) is 12.8 Å². The van der Waals surface area contributed by atoms with E-state index >= 15 is 0 Å². The van der Waals surface area contributed by atoms with E-state index in [0.717, 1.165) is 0 Å². The average molecular weight is 263 g/mol. The van der Waals surface area contributed by atoms with Crippen LogP contribution in [0.1, 0.15) is 18.1 Å². The molecule has 0 aliphatic carbocycles. The first-order valence-electron chi connectivity index (χ1n) is 4.53. The summed E-state index contributed by atoms with van der Waals surface area (Å²) < 4.78 is 25.7. The zero-order valence-corrected chi connectivity index (χ0v) is 10.8. The van der Waals surface area contributed by atoms with Crippen LogP contribution in [0.5, 0.6) is 5.75 Å². The summed E-state index contributed by atoms with van der Waals surface area (Å²) in [5, 5.41) is 0. The van der Waals surface area contributed by atoms with Crippen molar-refractivity contribution in [3.63, 3.8) is 0 Å². The Balaban J connectivity index is 3.40. The highest BCUT2D eigenvalue weighted by atomic mass is 35.5. The number of methoxy groups -OCH3 is 1. The third kappa shape index (κ3) is 2.31. The first kappa shape index (κ1) is 13.3. The average Bonchev–Trinajstić information content (AvgIpc) is 2.17. The monoisotopic (exact) mass is 262 g/mol. The summed E-state index contributed by atoms with van der Waals surface area (Å²) in [6, 6.07) is 3.19. The third-order valence-corrected chi connectivity index (χ3v) is 3.80. The van der Waals surface area contributed by atoms with Gasteiger partial charge in [0.15, 0.2) is 0 Å². The minimum absolute atomic E-state index is 0.415. The standard InChI is InChI=1S/C10H14ClNO3S/c1-6-4-8(12)9(15-3)5-7(6)10(2,11)16(13)14/h4-5H,12H2,1-3H3,(H,13,14)/p-1. The molecule has 2 atom stereocenters. The Kier molecular flexibility index (Phi) is 3.83. The van der Waals surface area contributed by atoms with Crippen LogP contribution in [-0.2, 0) is 15.3 Å². The zero-order chi connectivity index (χ0) is 12.5. The van der Waals surface area contributed by atoms with Crippen LogP contribution in [0.3, 0.4) is 0 Å². The smallest absolute Gasteiger partial charge is 0.142 e. The van der Waals surface area contributed by atoms with Crippen LogP contribution < -0.4 is 10.5 Å². The van der Waals surface area contributed by atoms with Gasteiger partial charge < -0.3 is 15.0 Å². The summed E-state index contributed by atoms with van der Waals surface area (Å²) in [7, 11) is 1.46. The van der Waals surface area contributed by atoms with Gasteiger partial charge in [-0.25, -0.2) is 0 Å². The van der Waals surface area contributed by atoms with Crippen LogP contribution >= 0.6 is 11.6 Å². The van der Waals surface area contributed by atoms with Crippen LogP contribution in [0.2, 0.25) is 0 Å². The minimum atomic E-state index is -2.43. The Hall–Kier alpha value is -0.780. The fourth-order valence-corrected chi connectivity index (χ4v) is 2.06. The molecule has 0 radical (unpaired) electrons. The minimum Gasteiger partial charge on any atom is -0.771 e. The van der Waals surface area contributed by atoms with Gasteiger partial charge in [-0.15, -0.1) is 11.6 Å². The highest BCUT2D eigenvalue weighted by Gasteiger charge is 2.27. The quantitative estimate of drug-likeness (QED) is 0.513. The lowest BCUT2D eigenvalue weighted by molar-refractivity contribution is 0.416. The molecule has 0 aliphatic heterocycles. The summed E-state index contributed by atoms with van der Waals surface area (Å²) in [6.07, 6.45) is 0. The van der Waals surface area contributed by atoms with Gasteiger partial charge in [0.25, 0.3) is 0 Å². The number of rotatable bonds is 3. The van der Waals surface area contributed by atoms with Crippen molar-refractivity contribution < 1.29 is 13.5 Å². The van der Waals surface area contributed by atoms with E-state index in [1.54, 1.807) is 19.1 Å². The molecule has 1 aromatic rings. The van der Waals surface area contributed by atoms with Crippen molar-refractivity contribution in [3.8, 4) is 5.75 Å². The molecule has 1 rings (SSSR count). The first-order chi connectivity index (χ1) is 7.30. The maximum atomic E-state index is 11.1. The Morgan fingerprint density at radius 3 is 2.56 bits per heavy atom. The normalized spacial score (nSPS) is 16.6. The molecule has 0 saturated heterocycles. The number of hydrogen-bond donors (Lipinski definition) is 1. The van der Waals surface area contributed by atoms with Crippen molar-refractivity contribution in [2.45, 2.75) is 18.1 Å². The molecule has 1 aromatic carbocycles. The molecule has 4 nitrogen and oxygen atoms in total. The molecule has 0 heterocycles. The van der Waals surface area contributed by atoms with Gasteiger partial charge in [0.2, 0.25) is 0 Å². The Morgan fingerprint density at radius 1 is 1.56 bits per heavy atom. The highest BCUT2D eigenvalue weighted by molar-refractivity contribution is 7.81. The molecule has 0 fully saturated rings. The molecular weight excluding hydrogens is 250 g/mol. The SMILES string of the molecule is COc1cc(C(C)(Cl)S(=O)[O-])c(C)cc1N. The summed E-state index contributed by atoms with van der Waals surface area (Å²) >= 11 is 3.54. The molecule has 2 N–H and O–H groups in total. The second kappa shape index (κ2) is 4.61. The van der Waals surface area contributed by atoms with Gasteiger partial charge in [-0.3, -0.25) is 4.21 Å². The number of nitrogens with two attached hydrogens (primary N) is 1. The van der Waals surface area contributed by atoms with E-state index < -0.39 is 15.3 Å². The lowest BCUT2D eigenvalue weighted by atomic mass is 10.0. The van der Waals surface area contributed by atoms with Crippen LogP contribution in [0.4, 0.5) is 5.69 Å². The predicted octanol–water partition coefficient (Wildman–Crippen LogP) is 1.88. The van der Waals surface area contributed by atoms with Crippen molar-refractivity contribution in [1.82, 2.24) is 0 Å².